The second-order valence-corrected chi connectivity index (χ2v) is 9.18. The zero-order valence-corrected chi connectivity index (χ0v) is 18.1. The number of hydrogen-bond acceptors (Lipinski definition) is 6. The Morgan fingerprint density at radius 2 is 2.13 bits per heavy atom. The van der Waals surface area contributed by atoms with E-state index in [-0.39, 0.29) is 23.5 Å². The molecule has 0 radical (unpaired) electrons. The second kappa shape index (κ2) is 8.09. The van der Waals surface area contributed by atoms with Crippen LogP contribution >= 0.6 is 11.3 Å². The molecule has 1 aliphatic heterocycles. The van der Waals surface area contributed by atoms with Gasteiger partial charge in [0.25, 0.3) is 5.91 Å². The van der Waals surface area contributed by atoms with Crippen LogP contribution in [0.5, 0.6) is 0 Å². The van der Waals surface area contributed by atoms with Gasteiger partial charge in [-0.1, -0.05) is 6.07 Å². The average Bonchev–Trinajstić information content (AvgIpc) is 3.22. The predicted octanol–water partition coefficient (Wildman–Crippen LogP) is 4.34. The van der Waals surface area contributed by atoms with Crippen LogP contribution in [0.2, 0.25) is 0 Å². The lowest BCUT2D eigenvalue weighted by Gasteiger charge is -2.18. The SMILES string of the molecule is Cc1ccc(Nc2sc3c(c2C(=O)NC[C@H]2COC(C)(C)O2)CCCC3=O)c(F)c1. The summed E-state index contributed by atoms with van der Waals surface area (Å²) in [5.41, 5.74) is 2.24. The molecule has 30 heavy (non-hydrogen) atoms. The Kier molecular flexibility index (Phi) is 5.65. The van der Waals surface area contributed by atoms with Crippen LogP contribution in [0.4, 0.5) is 15.1 Å². The van der Waals surface area contributed by atoms with Crippen LogP contribution in [0.3, 0.4) is 0 Å². The van der Waals surface area contributed by atoms with Crippen molar-refractivity contribution in [3.63, 3.8) is 0 Å². The van der Waals surface area contributed by atoms with E-state index in [9.17, 15) is 14.0 Å². The van der Waals surface area contributed by atoms with Crippen LogP contribution in [-0.4, -0.2) is 36.7 Å². The van der Waals surface area contributed by atoms with Gasteiger partial charge in [0.15, 0.2) is 11.6 Å². The Balaban J connectivity index is 1.60. The minimum absolute atomic E-state index is 0.0296. The third kappa shape index (κ3) is 4.26. The maximum Gasteiger partial charge on any atom is 0.254 e. The molecule has 0 bridgehead atoms. The fourth-order valence-electron chi connectivity index (χ4n) is 3.80. The maximum atomic E-state index is 14.4. The summed E-state index contributed by atoms with van der Waals surface area (Å²) in [4.78, 5) is 26.1. The average molecular weight is 433 g/mol. The molecule has 0 spiro atoms. The van der Waals surface area contributed by atoms with Gasteiger partial charge in [0.2, 0.25) is 0 Å². The molecule has 1 fully saturated rings. The fourth-order valence-corrected chi connectivity index (χ4v) is 5.03. The molecule has 2 heterocycles. The Morgan fingerprint density at radius 1 is 1.33 bits per heavy atom. The number of aryl methyl sites for hydroxylation is 1. The number of nitrogens with one attached hydrogen (secondary N) is 2. The molecule has 1 saturated heterocycles. The molecule has 8 heteroatoms. The largest absolute Gasteiger partial charge is 0.349 e. The third-order valence-corrected chi connectivity index (χ3v) is 6.44. The number of ether oxygens (including phenoxy) is 2. The van der Waals surface area contributed by atoms with Gasteiger partial charge in [-0.05, 0) is 56.9 Å². The van der Waals surface area contributed by atoms with E-state index in [4.69, 9.17) is 9.47 Å². The van der Waals surface area contributed by atoms with Gasteiger partial charge in [0.1, 0.15) is 16.9 Å². The highest BCUT2D eigenvalue weighted by atomic mass is 32.1. The molecule has 1 aromatic carbocycles. The summed E-state index contributed by atoms with van der Waals surface area (Å²) in [7, 11) is 0. The smallest absolute Gasteiger partial charge is 0.254 e. The number of anilines is 2. The normalized spacial score (nSPS) is 20.1. The first kappa shape index (κ1) is 21.0. The lowest BCUT2D eigenvalue weighted by molar-refractivity contribution is -0.137. The summed E-state index contributed by atoms with van der Waals surface area (Å²) in [5.74, 6) is -1.34. The number of fused-ring (bicyclic) bond motifs is 1. The summed E-state index contributed by atoms with van der Waals surface area (Å²) in [6.07, 6.45) is 1.57. The fraction of sp³-hybridized carbons (Fsp3) is 0.455. The molecule has 1 aromatic heterocycles. The Hall–Kier alpha value is -2.29. The van der Waals surface area contributed by atoms with Crippen molar-refractivity contribution in [3.8, 4) is 0 Å². The molecule has 160 valence electrons. The van der Waals surface area contributed by atoms with E-state index < -0.39 is 11.6 Å². The number of carbonyl (C=O) groups excluding carboxylic acids is 2. The van der Waals surface area contributed by atoms with Crippen molar-refractivity contribution >= 4 is 33.7 Å². The Labute approximate surface area is 178 Å². The minimum Gasteiger partial charge on any atom is -0.349 e. The lowest BCUT2D eigenvalue weighted by atomic mass is 9.94. The highest BCUT2D eigenvalue weighted by molar-refractivity contribution is 7.18. The van der Waals surface area contributed by atoms with Crippen molar-refractivity contribution in [3.05, 3.63) is 45.6 Å². The first-order valence-electron chi connectivity index (χ1n) is 10.1. The minimum atomic E-state index is -0.668. The number of carbonyl (C=O) groups is 2. The summed E-state index contributed by atoms with van der Waals surface area (Å²) in [5, 5.41) is 6.43. The van der Waals surface area contributed by atoms with Crippen LogP contribution < -0.4 is 10.6 Å². The molecule has 1 atom stereocenters. The number of Topliss-reactive ketones (excluding diaryl/α,β-unsaturated/α-hetero) is 1. The summed E-state index contributed by atoms with van der Waals surface area (Å²) in [6, 6.07) is 4.86. The van der Waals surface area contributed by atoms with Gasteiger partial charge in [0.05, 0.1) is 22.7 Å². The van der Waals surface area contributed by atoms with Gasteiger partial charge in [-0.15, -0.1) is 11.3 Å². The van der Waals surface area contributed by atoms with Crippen molar-refractivity contribution in [1.29, 1.82) is 0 Å². The zero-order valence-electron chi connectivity index (χ0n) is 17.3. The van der Waals surface area contributed by atoms with E-state index >= 15 is 0 Å². The molecular weight excluding hydrogens is 407 g/mol. The van der Waals surface area contributed by atoms with Gasteiger partial charge >= 0.3 is 0 Å². The van der Waals surface area contributed by atoms with Crippen molar-refractivity contribution in [2.24, 2.45) is 0 Å². The highest BCUT2D eigenvalue weighted by Gasteiger charge is 2.34. The molecule has 0 saturated carbocycles. The highest BCUT2D eigenvalue weighted by Crippen LogP contribution is 2.40. The van der Waals surface area contributed by atoms with E-state index in [1.54, 1.807) is 12.1 Å². The van der Waals surface area contributed by atoms with Crippen molar-refractivity contribution in [2.75, 3.05) is 18.5 Å². The molecule has 1 aliphatic carbocycles. The quantitative estimate of drug-likeness (QED) is 0.735. The topological polar surface area (TPSA) is 76.7 Å². The number of rotatable bonds is 5. The number of halogens is 1. The number of hydrogen-bond donors (Lipinski definition) is 2. The van der Waals surface area contributed by atoms with Gasteiger partial charge < -0.3 is 20.1 Å². The van der Waals surface area contributed by atoms with Crippen LogP contribution in [-0.2, 0) is 15.9 Å². The van der Waals surface area contributed by atoms with Crippen molar-refractivity contribution in [2.45, 2.75) is 51.9 Å². The van der Waals surface area contributed by atoms with Crippen LogP contribution in [0, 0.1) is 12.7 Å². The maximum absolute atomic E-state index is 14.4. The first-order chi connectivity index (χ1) is 14.2. The molecule has 2 N–H and O–H groups in total. The van der Waals surface area contributed by atoms with Crippen LogP contribution in [0.25, 0.3) is 0 Å². The summed E-state index contributed by atoms with van der Waals surface area (Å²) >= 11 is 1.22. The first-order valence-corrected chi connectivity index (χ1v) is 10.9. The number of benzene rings is 1. The molecule has 6 nitrogen and oxygen atoms in total. The van der Waals surface area contributed by atoms with E-state index in [2.05, 4.69) is 10.6 Å². The zero-order chi connectivity index (χ0) is 21.5. The molecule has 2 aliphatic rings. The molecule has 0 unspecified atom stereocenters. The van der Waals surface area contributed by atoms with E-state index in [0.29, 0.717) is 47.9 Å². The summed E-state index contributed by atoms with van der Waals surface area (Å²) in [6.45, 7) is 6.15. The van der Waals surface area contributed by atoms with Crippen LogP contribution in [0.1, 0.15) is 57.8 Å². The monoisotopic (exact) mass is 432 g/mol. The number of ketones is 1. The van der Waals surface area contributed by atoms with Gasteiger partial charge in [-0.2, -0.15) is 0 Å². The molecular formula is C22H25FN2O4S. The summed E-state index contributed by atoms with van der Waals surface area (Å²) < 4.78 is 25.7. The van der Waals surface area contributed by atoms with Gasteiger partial charge in [0, 0.05) is 13.0 Å². The third-order valence-electron chi connectivity index (χ3n) is 5.25. The van der Waals surface area contributed by atoms with Crippen molar-refractivity contribution in [1.82, 2.24) is 5.32 Å². The van der Waals surface area contributed by atoms with E-state index in [0.717, 1.165) is 11.1 Å². The lowest BCUT2D eigenvalue weighted by Crippen LogP contribution is -2.35. The molecule has 1 amide bonds. The number of amides is 1. The second-order valence-electron chi connectivity index (χ2n) is 8.16. The predicted molar refractivity (Wildman–Crippen MR) is 113 cm³/mol. The van der Waals surface area contributed by atoms with E-state index in [1.165, 1.54) is 17.4 Å². The standard InChI is InChI=1S/C22H25FN2O4S/c1-12-7-8-16(15(23)9-12)25-21-18(14-5-4-6-17(26)19(14)30-21)20(27)24-10-13-11-28-22(2,3)29-13/h7-9,13,25H,4-6,10-11H2,1-3H3,(H,24,27)/t13-/m0/s1. The Bertz CT molecular complexity index is 1000. The van der Waals surface area contributed by atoms with Crippen LogP contribution in [0.15, 0.2) is 18.2 Å². The molecule has 4 rings (SSSR count). The number of thiophene rings is 1. The van der Waals surface area contributed by atoms with E-state index in [1.807, 2.05) is 20.8 Å². The molecule has 2 aromatic rings. The van der Waals surface area contributed by atoms with Gasteiger partial charge in [-0.3, -0.25) is 9.59 Å². The van der Waals surface area contributed by atoms with Crippen molar-refractivity contribution < 1.29 is 23.5 Å². The Morgan fingerprint density at radius 3 is 2.83 bits per heavy atom. The van der Waals surface area contributed by atoms with Gasteiger partial charge in [-0.25, -0.2) is 4.39 Å².